The van der Waals surface area contributed by atoms with Gasteiger partial charge in [-0.3, -0.25) is 25.2 Å². The number of rotatable bonds is 6. The van der Waals surface area contributed by atoms with Gasteiger partial charge < -0.3 is 0 Å². The van der Waals surface area contributed by atoms with E-state index in [1.165, 1.54) is 42.8 Å². The number of carbonyl (C=O) groups excluding carboxylic acids is 2. The zero-order valence-electron chi connectivity index (χ0n) is 16.4. The van der Waals surface area contributed by atoms with E-state index in [0.29, 0.717) is 23.0 Å². The lowest BCUT2D eigenvalue weighted by Crippen LogP contribution is -2.42. The molecule has 0 spiro atoms. The summed E-state index contributed by atoms with van der Waals surface area (Å²) in [5.41, 5.74) is 5.24. The van der Waals surface area contributed by atoms with Crippen molar-refractivity contribution in [2.75, 3.05) is 4.72 Å². The monoisotopic (exact) mass is 449 g/mol. The third-order valence-electron chi connectivity index (χ3n) is 5.02. The maximum absolute atomic E-state index is 12.6. The molecule has 1 aliphatic carbocycles. The van der Waals surface area contributed by atoms with E-state index < -0.39 is 15.9 Å². The van der Waals surface area contributed by atoms with Crippen molar-refractivity contribution in [1.82, 2.24) is 10.9 Å². The molecule has 1 fully saturated rings. The molecule has 0 saturated heterocycles. The Kier molecular flexibility index (Phi) is 7.33. The molecule has 3 rings (SSSR count). The lowest BCUT2D eigenvalue weighted by Gasteiger charge is -2.20. The molecule has 9 heteroatoms. The second-order valence-corrected chi connectivity index (χ2v) is 9.47. The molecule has 2 aromatic rings. The SMILES string of the molecule is O=C(CC1CCCCC1)NNC(=O)c1cccc(S(=O)(=O)Nc2ccc(Cl)cc2)c1. The van der Waals surface area contributed by atoms with Crippen LogP contribution in [-0.2, 0) is 14.8 Å². The maximum Gasteiger partial charge on any atom is 0.269 e. The van der Waals surface area contributed by atoms with E-state index in [0.717, 1.165) is 25.7 Å². The van der Waals surface area contributed by atoms with Gasteiger partial charge in [-0.25, -0.2) is 8.42 Å². The Labute approximate surface area is 181 Å². The van der Waals surface area contributed by atoms with Gasteiger partial charge in [0.25, 0.3) is 15.9 Å². The minimum Gasteiger partial charge on any atom is -0.280 e. The third kappa shape index (κ3) is 6.21. The van der Waals surface area contributed by atoms with Crippen molar-refractivity contribution < 1.29 is 18.0 Å². The van der Waals surface area contributed by atoms with Gasteiger partial charge in [0.15, 0.2) is 0 Å². The minimum absolute atomic E-state index is 0.0707. The van der Waals surface area contributed by atoms with Gasteiger partial charge in [0.2, 0.25) is 5.91 Å². The minimum atomic E-state index is -3.89. The molecule has 0 aliphatic heterocycles. The van der Waals surface area contributed by atoms with Crippen molar-refractivity contribution in [2.24, 2.45) is 5.92 Å². The molecule has 1 aliphatic rings. The number of hydrogen-bond acceptors (Lipinski definition) is 4. The van der Waals surface area contributed by atoms with Crippen molar-refractivity contribution in [2.45, 2.75) is 43.4 Å². The highest BCUT2D eigenvalue weighted by atomic mass is 35.5. The molecule has 30 heavy (non-hydrogen) atoms. The smallest absolute Gasteiger partial charge is 0.269 e. The van der Waals surface area contributed by atoms with Crippen LogP contribution in [0.5, 0.6) is 0 Å². The molecule has 0 radical (unpaired) electrons. The number of amides is 2. The highest BCUT2D eigenvalue weighted by Crippen LogP contribution is 2.26. The average Bonchev–Trinajstić information content (AvgIpc) is 2.74. The van der Waals surface area contributed by atoms with Crippen LogP contribution in [0.4, 0.5) is 5.69 Å². The largest absolute Gasteiger partial charge is 0.280 e. The molecule has 0 heterocycles. The van der Waals surface area contributed by atoms with Crippen LogP contribution in [0.1, 0.15) is 48.9 Å². The van der Waals surface area contributed by atoms with Crippen molar-refractivity contribution in [3.63, 3.8) is 0 Å². The number of anilines is 1. The first kappa shape index (κ1) is 22.1. The second kappa shape index (κ2) is 9.95. The Bertz CT molecular complexity index is 1000. The van der Waals surface area contributed by atoms with Gasteiger partial charge in [-0.05, 0) is 61.2 Å². The van der Waals surface area contributed by atoms with Crippen LogP contribution in [0.15, 0.2) is 53.4 Å². The summed E-state index contributed by atoms with van der Waals surface area (Å²) < 4.78 is 27.6. The van der Waals surface area contributed by atoms with Crippen LogP contribution >= 0.6 is 11.6 Å². The Morgan fingerprint density at radius 2 is 1.67 bits per heavy atom. The van der Waals surface area contributed by atoms with Crippen LogP contribution in [0.2, 0.25) is 5.02 Å². The molecule has 2 amide bonds. The number of nitrogens with one attached hydrogen (secondary N) is 3. The molecule has 7 nitrogen and oxygen atoms in total. The fraction of sp³-hybridized carbons (Fsp3) is 0.333. The van der Waals surface area contributed by atoms with E-state index in [1.807, 2.05) is 0 Å². The summed E-state index contributed by atoms with van der Waals surface area (Å²) in [6.45, 7) is 0. The van der Waals surface area contributed by atoms with Crippen LogP contribution in [0.3, 0.4) is 0 Å². The van der Waals surface area contributed by atoms with Gasteiger partial charge in [-0.2, -0.15) is 0 Å². The molecule has 2 aromatic carbocycles. The fourth-order valence-corrected chi connectivity index (χ4v) is 4.67. The van der Waals surface area contributed by atoms with Gasteiger partial charge in [0.1, 0.15) is 0 Å². The molecule has 160 valence electrons. The molecule has 0 bridgehead atoms. The van der Waals surface area contributed by atoms with Gasteiger partial charge in [-0.1, -0.05) is 36.9 Å². The predicted octanol–water partition coefficient (Wildman–Crippen LogP) is 3.87. The molecule has 0 atom stereocenters. The number of benzene rings is 2. The van der Waals surface area contributed by atoms with E-state index in [4.69, 9.17) is 11.6 Å². The van der Waals surface area contributed by atoms with E-state index in [2.05, 4.69) is 15.6 Å². The first-order valence-electron chi connectivity index (χ1n) is 9.81. The highest BCUT2D eigenvalue weighted by molar-refractivity contribution is 7.92. The number of carbonyl (C=O) groups is 2. The number of sulfonamides is 1. The van der Waals surface area contributed by atoms with E-state index in [1.54, 1.807) is 12.1 Å². The first-order chi connectivity index (χ1) is 14.3. The van der Waals surface area contributed by atoms with Crippen LogP contribution in [0, 0.1) is 5.92 Å². The standard InChI is InChI=1S/C21H24ClN3O4S/c22-17-9-11-18(12-10-17)25-30(28,29)19-8-4-7-16(14-19)21(27)24-23-20(26)13-15-5-2-1-3-6-15/h4,7-12,14-15,25H,1-3,5-6,13H2,(H,23,26)(H,24,27). The Morgan fingerprint density at radius 3 is 2.37 bits per heavy atom. The average molecular weight is 450 g/mol. The quantitative estimate of drug-likeness (QED) is 0.582. The van der Waals surface area contributed by atoms with Crippen molar-refractivity contribution in [3.05, 3.63) is 59.1 Å². The number of hydrazine groups is 1. The lowest BCUT2D eigenvalue weighted by molar-refractivity contribution is -0.123. The summed E-state index contributed by atoms with van der Waals surface area (Å²) in [7, 11) is -3.89. The molecular formula is C21H24ClN3O4S. The van der Waals surface area contributed by atoms with Gasteiger partial charge >= 0.3 is 0 Å². The van der Waals surface area contributed by atoms with Crippen LogP contribution in [-0.4, -0.2) is 20.2 Å². The highest BCUT2D eigenvalue weighted by Gasteiger charge is 2.19. The van der Waals surface area contributed by atoms with Crippen molar-refractivity contribution in [1.29, 1.82) is 0 Å². The van der Waals surface area contributed by atoms with Gasteiger partial charge in [-0.15, -0.1) is 0 Å². The van der Waals surface area contributed by atoms with Crippen molar-refractivity contribution >= 4 is 39.1 Å². The topological polar surface area (TPSA) is 104 Å². The summed E-state index contributed by atoms with van der Waals surface area (Å²) in [5, 5.41) is 0.488. The molecule has 3 N–H and O–H groups in total. The van der Waals surface area contributed by atoms with E-state index in [9.17, 15) is 18.0 Å². The fourth-order valence-electron chi connectivity index (χ4n) is 3.44. The van der Waals surface area contributed by atoms with E-state index >= 15 is 0 Å². The van der Waals surface area contributed by atoms with Crippen LogP contribution in [0.25, 0.3) is 0 Å². The second-order valence-electron chi connectivity index (χ2n) is 7.35. The van der Waals surface area contributed by atoms with Gasteiger partial charge in [0, 0.05) is 22.7 Å². The van der Waals surface area contributed by atoms with E-state index in [-0.39, 0.29) is 16.4 Å². The summed E-state index contributed by atoms with van der Waals surface area (Å²) in [6, 6.07) is 11.8. The van der Waals surface area contributed by atoms with Gasteiger partial charge in [0.05, 0.1) is 4.90 Å². The molecule has 0 unspecified atom stereocenters. The zero-order chi connectivity index (χ0) is 21.6. The normalized spacial score (nSPS) is 14.7. The Balaban J connectivity index is 1.60. The lowest BCUT2D eigenvalue weighted by atomic mass is 9.87. The third-order valence-corrected chi connectivity index (χ3v) is 6.65. The summed E-state index contributed by atoms with van der Waals surface area (Å²) in [5.74, 6) is -0.484. The molecule has 1 saturated carbocycles. The Morgan fingerprint density at radius 1 is 0.967 bits per heavy atom. The summed E-state index contributed by atoms with van der Waals surface area (Å²) in [6.07, 6.45) is 5.91. The summed E-state index contributed by atoms with van der Waals surface area (Å²) in [4.78, 5) is 24.3. The first-order valence-corrected chi connectivity index (χ1v) is 11.7. The van der Waals surface area contributed by atoms with Crippen molar-refractivity contribution in [3.8, 4) is 0 Å². The summed E-state index contributed by atoms with van der Waals surface area (Å²) >= 11 is 5.81. The number of halogens is 1. The molecular weight excluding hydrogens is 426 g/mol. The molecule has 0 aromatic heterocycles. The maximum atomic E-state index is 12.6. The predicted molar refractivity (Wildman–Crippen MR) is 116 cm³/mol. The van der Waals surface area contributed by atoms with Crippen LogP contribution < -0.4 is 15.6 Å². The zero-order valence-corrected chi connectivity index (χ0v) is 17.9. The Hall–Kier alpha value is -2.58. The number of hydrogen-bond donors (Lipinski definition) is 3.